The molecule has 0 saturated carbocycles. The summed E-state index contributed by atoms with van der Waals surface area (Å²) in [4.78, 5) is 0. The van der Waals surface area contributed by atoms with Gasteiger partial charge in [-0.2, -0.15) is 11.8 Å². The lowest BCUT2D eigenvalue weighted by Crippen LogP contribution is -2.35. The Hall–Kier alpha value is 0.760. The predicted octanol–water partition coefficient (Wildman–Crippen LogP) is 9.79. The van der Waals surface area contributed by atoms with Crippen molar-refractivity contribution >= 4 is 94.1 Å². The zero-order valence-corrected chi connectivity index (χ0v) is 33.3. The van der Waals surface area contributed by atoms with Crippen LogP contribution in [0, 0.1) is 0 Å². The van der Waals surface area contributed by atoms with E-state index in [-0.39, 0.29) is 23.1 Å². The molecule has 4 atom stereocenters. The van der Waals surface area contributed by atoms with Gasteiger partial charge in [-0.1, -0.05) is 45.0 Å². The van der Waals surface area contributed by atoms with Gasteiger partial charge in [0.15, 0.2) is 0 Å². The highest BCUT2D eigenvalue weighted by atomic mass is 32.3. The molecule has 0 amide bonds. The molecule has 1 N–H and O–H groups in total. The van der Waals surface area contributed by atoms with Gasteiger partial charge in [-0.05, 0) is 61.4 Å². The average molecular weight is 763 g/mol. The maximum absolute atomic E-state index is 10.9. The van der Waals surface area contributed by atoms with E-state index in [4.69, 9.17) is 14.2 Å². The van der Waals surface area contributed by atoms with Gasteiger partial charge in [-0.15, -0.1) is 82.3 Å². The Morgan fingerprint density at radius 2 is 1.44 bits per heavy atom. The van der Waals surface area contributed by atoms with Crippen molar-refractivity contribution in [1.29, 1.82) is 0 Å². The number of benzene rings is 2. The van der Waals surface area contributed by atoms with Crippen molar-refractivity contribution in [3.05, 3.63) is 59.7 Å². The van der Waals surface area contributed by atoms with E-state index >= 15 is 0 Å². The number of aliphatic hydroxyl groups is 1. The molecule has 3 saturated heterocycles. The van der Waals surface area contributed by atoms with E-state index in [0.717, 1.165) is 17.3 Å². The van der Waals surface area contributed by atoms with Crippen molar-refractivity contribution in [1.82, 2.24) is 0 Å². The average Bonchev–Trinajstić information content (AvgIpc) is 3.70. The van der Waals surface area contributed by atoms with Crippen LogP contribution >= 0.6 is 94.1 Å². The normalized spacial score (nSPS) is 25.0. The fourth-order valence-corrected chi connectivity index (χ4v) is 17.8. The van der Waals surface area contributed by atoms with Crippen molar-refractivity contribution < 1.29 is 19.3 Å². The lowest BCUT2D eigenvalue weighted by molar-refractivity contribution is 0.0328. The number of hydrogen-bond acceptors (Lipinski definition) is 12. The first-order chi connectivity index (χ1) is 21.5. The molecule has 3 fully saturated rings. The summed E-state index contributed by atoms with van der Waals surface area (Å²) in [5.74, 6) is 3.41. The monoisotopic (exact) mass is 762 g/mol. The molecule has 0 radical (unpaired) electrons. The molecule has 3 aliphatic rings. The Kier molecular flexibility index (Phi) is 14.1. The molecule has 12 heteroatoms. The van der Waals surface area contributed by atoms with Gasteiger partial charge in [0.1, 0.15) is 41.4 Å². The van der Waals surface area contributed by atoms with Crippen LogP contribution < -0.4 is 9.47 Å². The second kappa shape index (κ2) is 17.1. The van der Waals surface area contributed by atoms with Crippen molar-refractivity contribution in [2.24, 2.45) is 0 Å². The summed E-state index contributed by atoms with van der Waals surface area (Å²) in [7, 11) is 0. The van der Waals surface area contributed by atoms with Crippen LogP contribution in [0.1, 0.15) is 52.2 Å². The molecule has 0 aromatic heterocycles. The van der Waals surface area contributed by atoms with Crippen LogP contribution in [-0.2, 0) is 10.2 Å². The molecule has 45 heavy (non-hydrogen) atoms. The van der Waals surface area contributed by atoms with Gasteiger partial charge < -0.3 is 19.3 Å². The minimum atomic E-state index is -0.858. The molecule has 250 valence electrons. The molecule has 2 aromatic carbocycles. The Morgan fingerprint density at radius 1 is 0.889 bits per heavy atom. The summed E-state index contributed by atoms with van der Waals surface area (Å²) >= 11 is 16.0. The molecule has 5 rings (SSSR count). The van der Waals surface area contributed by atoms with E-state index in [1.807, 2.05) is 66.1 Å². The zero-order valence-electron chi connectivity index (χ0n) is 26.7. The molecule has 4 unspecified atom stereocenters. The molecule has 0 spiro atoms. The summed E-state index contributed by atoms with van der Waals surface area (Å²) in [6.45, 7) is 11.7. The summed E-state index contributed by atoms with van der Waals surface area (Å²) in [6.07, 6.45) is 1.19. The van der Waals surface area contributed by atoms with Crippen molar-refractivity contribution in [3.63, 3.8) is 0 Å². The summed E-state index contributed by atoms with van der Waals surface area (Å²) < 4.78 is 19.7. The largest absolute Gasteiger partial charge is 0.491 e. The van der Waals surface area contributed by atoms with Crippen molar-refractivity contribution in [3.8, 4) is 11.5 Å². The van der Waals surface area contributed by atoms with Gasteiger partial charge in [-0.3, -0.25) is 0 Å². The fraction of sp³-hybridized carbons (Fsp3) is 0.636. The van der Waals surface area contributed by atoms with E-state index in [9.17, 15) is 5.11 Å². The van der Waals surface area contributed by atoms with E-state index in [0.29, 0.717) is 26.8 Å². The standard InChI is InChI=1S/C33H46O4S8/c1-23(29-43-21-40-22-44-29)45-30-33(5,37-30)17-36-27-12-8-25(9-13-27)31(2,3)24-6-10-26(11-7-24)35-16-32(4,34)18-38-15-14-28-41-19-39-20-42-28/h6-13,23,28-30,34H,14-22H2,1-5H3. The highest BCUT2D eigenvalue weighted by molar-refractivity contribution is 8.33. The lowest BCUT2D eigenvalue weighted by atomic mass is 9.78. The molecule has 2 aromatic rings. The van der Waals surface area contributed by atoms with Crippen molar-refractivity contribution in [2.45, 2.75) is 77.5 Å². The zero-order chi connectivity index (χ0) is 31.9. The van der Waals surface area contributed by atoms with Gasteiger partial charge in [-0.25, -0.2) is 0 Å². The summed E-state index contributed by atoms with van der Waals surface area (Å²) in [6, 6.07) is 16.8. The van der Waals surface area contributed by atoms with Crippen LogP contribution in [0.5, 0.6) is 11.5 Å². The van der Waals surface area contributed by atoms with Crippen LogP contribution in [0.25, 0.3) is 0 Å². The third-order valence-corrected chi connectivity index (χ3v) is 20.4. The van der Waals surface area contributed by atoms with Gasteiger partial charge in [0.2, 0.25) is 0 Å². The molecule has 0 aliphatic carbocycles. The fourth-order valence-electron chi connectivity index (χ4n) is 4.90. The van der Waals surface area contributed by atoms with E-state index in [1.165, 1.54) is 37.9 Å². The van der Waals surface area contributed by atoms with Gasteiger partial charge in [0, 0.05) is 36.8 Å². The van der Waals surface area contributed by atoms with Crippen LogP contribution in [0.3, 0.4) is 0 Å². The molecular weight excluding hydrogens is 717 g/mol. The second-order valence-electron chi connectivity index (χ2n) is 12.5. The molecule has 3 heterocycles. The first kappa shape index (κ1) is 37.0. The smallest absolute Gasteiger partial charge is 0.136 e. The number of rotatable bonds is 16. The van der Waals surface area contributed by atoms with E-state index in [2.05, 4.69) is 111 Å². The van der Waals surface area contributed by atoms with Crippen molar-refractivity contribution in [2.75, 3.05) is 45.1 Å². The SMILES string of the molecule is CC(SC1OC1(C)COc1ccc(C(C)(C)c2ccc(OCC(C)(O)CSCCC3SCSCS3)cc2)cc1)C1SCSCS1. The van der Waals surface area contributed by atoms with Crippen LogP contribution in [-0.4, -0.2) is 81.2 Å². The molecular formula is C33H46O4S8. The first-order valence-electron chi connectivity index (χ1n) is 15.3. The maximum Gasteiger partial charge on any atom is 0.136 e. The van der Waals surface area contributed by atoms with Gasteiger partial charge in [0.05, 0.1) is 9.16 Å². The minimum absolute atomic E-state index is 0.177. The molecule has 4 nitrogen and oxygen atoms in total. The Morgan fingerprint density at radius 3 is 2.04 bits per heavy atom. The van der Waals surface area contributed by atoms with Crippen LogP contribution in [0.15, 0.2) is 48.5 Å². The maximum atomic E-state index is 10.9. The number of ether oxygens (including phenoxy) is 3. The quantitative estimate of drug-likeness (QED) is 0.131. The predicted molar refractivity (Wildman–Crippen MR) is 211 cm³/mol. The Balaban J connectivity index is 1.04. The topological polar surface area (TPSA) is 51.2 Å². The van der Waals surface area contributed by atoms with Gasteiger partial charge >= 0.3 is 0 Å². The third kappa shape index (κ3) is 11.1. The molecule has 3 aliphatic heterocycles. The summed E-state index contributed by atoms with van der Waals surface area (Å²) in [5, 5.41) is 16.2. The minimum Gasteiger partial charge on any atom is -0.491 e. The Labute approximate surface area is 304 Å². The van der Waals surface area contributed by atoms with E-state index < -0.39 is 5.60 Å². The number of epoxide rings is 1. The number of hydrogen-bond donors (Lipinski definition) is 1. The van der Waals surface area contributed by atoms with Crippen LogP contribution in [0.2, 0.25) is 0 Å². The highest BCUT2D eigenvalue weighted by Gasteiger charge is 2.54. The van der Waals surface area contributed by atoms with E-state index in [1.54, 1.807) is 0 Å². The molecule has 0 bridgehead atoms. The highest BCUT2D eigenvalue weighted by Crippen LogP contribution is 2.50. The van der Waals surface area contributed by atoms with Crippen LogP contribution in [0.4, 0.5) is 0 Å². The van der Waals surface area contributed by atoms with Gasteiger partial charge in [0.25, 0.3) is 0 Å². The number of thioether (sulfide) groups is 8. The third-order valence-electron chi connectivity index (χ3n) is 7.98. The second-order valence-corrected chi connectivity index (χ2v) is 23.8. The Bertz CT molecular complexity index is 1190. The summed E-state index contributed by atoms with van der Waals surface area (Å²) in [5.41, 5.74) is 1.38. The lowest BCUT2D eigenvalue weighted by Gasteiger charge is -2.27. The first-order valence-corrected chi connectivity index (χ1v) is 23.9.